The minimum Gasteiger partial charge on any atom is -0.393 e. The van der Waals surface area contributed by atoms with E-state index in [0.29, 0.717) is 6.54 Å². The van der Waals surface area contributed by atoms with Gasteiger partial charge in [0, 0.05) is 13.1 Å². The van der Waals surface area contributed by atoms with Gasteiger partial charge >= 0.3 is 0 Å². The van der Waals surface area contributed by atoms with E-state index in [9.17, 15) is 4.91 Å². The van der Waals surface area contributed by atoms with E-state index < -0.39 is 0 Å². The molecule has 14 heavy (non-hydrogen) atoms. The molecule has 0 bridgehead atoms. The lowest BCUT2D eigenvalue weighted by molar-refractivity contribution is 0.170. The zero-order valence-electron chi connectivity index (χ0n) is 9.28. The summed E-state index contributed by atoms with van der Waals surface area (Å²) in [6.07, 6.45) is 4.61. The van der Waals surface area contributed by atoms with E-state index in [4.69, 9.17) is 5.11 Å². The van der Waals surface area contributed by atoms with E-state index >= 15 is 0 Å². The molecule has 0 fully saturated rings. The molecule has 0 aromatic carbocycles. The molecular formula is C10H22N2O2. The van der Waals surface area contributed by atoms with Crippen LogP contribution in [-0.4, -0.2) is 29.3 Å². The second-order valence-electron chi connectivity index (χ2n) is 3.73. The number of hydrogen-bond acceptors (Lipinski definition) is 3. The first kappa shape index (κ1) is 13.4. The highest BCUT2D eigenvalue weighted by molar-refractivity contribution is 4.55. The normalized spacial score (nSPS) is 12.5. The van der Waals surface area contributed by atoms with E-state index in [2.05, 4.69) is 12.2 Å². The third-order valence-corrected chi connectivity index (χ3v) is 2.17. The van der Waals surface area contributed by atoms with Crippen LogP contribution in [0.15, 0.2) is 5.29 Å². The van der Waals surface area contributed by atoms with Crippen LogP contribution in [-0.2, 0) is 0 Å². The van der Waals surface area contributed by atoms with Gasteiger partial charge in [0.25, 0.3) is 0 Å². The zero-order chi connectivity index (χ0) is 10.8. The quantitative estimate of drug-likeness (QED) is 0.354. The van der Waals surface area contributed by atoms with Crippen molar-refractivity contribution in [1.82, 2.24) is 5.01 Å². The van der Waals surface area contributed by atoms with Crippen molar-refractivity contribution < 1.29 is 5.11 Å². The maximum Gasteiger partial charge on any atom is 0.0523 e. The lowest BCUT2D eigenvalue weighted by atomic mass is 10.2. The third kappa shape index (κ3) is 7.98. The van der Waals surface area contributed by atoms with Crippen LogP contribution >= 0.6 is 0 Å². The van der Waals surface area contributed by atoms with Gasteiger partial charge < -0.3 is 5.11 Å². The molecule has 0 aliphatic rings. The molecule has 0 rings (SSSR count). The zero-order valence-corrected chi connectivity index (χ0v) is 9.28. The average Bonchev–Trinajstić information content (AvgIpc) is 2.15. The Kier molecular flexibility index (Phi) is 8.53. The summed E-state index contributed by atoms with van der Waals surface area (Å²) in [6.45, 7) is 5.30. The maximum atomic E-state index is 10.4. The molecule has 4 nitrogen and oxygen atoms in total. The summed E-state index contributed by atoms with van der Waals surface area (Å²) in [5.74, 6) is 0. The van der Waals surface area contributed by atoms with Crippen LogP contribution in [0.4, 0.5) is 0 Å². The number of nitrogens with zero attached hydrogens (tertiary/aromatic N) is 2. The summed E-state index contributed by atoms with van der Waals surface area (Å²) >= 11 is 0. The molecule has 0 saturated heterocycles. The maximum absolute atomic E-state index is 10.4. The van der Waals surface area contributed by atoms with Crippen LogP contribution in [0.3, 0.4) is 0 Å². The van der Waals surface area contributed by atoms with E-state index in [1.807, 2.05) is 0 Å². The summed E-state index contributed by atoms with van der Waals surface area (Å²) in [5.41, 5.74) is 0. The first-order chi connectivity index (χ1) is 6.70. The van der Waals surface area contributed by atoms with Crippen molar-refractivity contribution in [3.8, 4) is 0 Å². The molecule has 0 amide bonds. The smallest absolute Gasteiger partial charge is 0.0523 e. The summed E-state index contributed by atoms with van der Waals surface area (Å²) in [5, 5.41) is 13.5. The van der Waals surface area contributed by atoms with Gasteiger partial charge in [0.15, 0.2) is 0 Å². The van der Waals surface area contributed by atoms with Crippen molar-refractivity contribution in [3.63, 3.8) is 0 Å². The van der Waals surface area contributed by atoms with Crippen LogP contribution < -0.4 is 0 Å². The Morgan fingerprint density at radius 3 is 2.43 bits per heavy atom. The van der Waals surface area contributed by atoms with E-state index in [1.54, 1.807) is 11.9 Å². The Balaban J connectivity index is 3.43. The van der Waals surface area contributed by atoms with Crippen LogP contribution in [0.5, 0.6) is 0 Å². The van der Waals surface area contributed by atoms with Gasteiger partial charge in [0.1, 0.15) is 0 Å². The van der Waals surface area contributed by atoms with Crippen LogP contribution in [0.2, 0.25) is 0 Å². The van der Waals surface area contributed by atoms with Gasteiger partial charge in [-0.05, 0) is 26.2 Å². The molecule has 0 radical (unpaired) electrons. The Bertz CT molecular complexity index is 140. The number of unbranched alkanes of at least 4 members (excludes halogenated alkanes) is 2. The van der Waals surface area contributed by atoms with E-state index in [1.165, 1.54) is 0 Å². The molecular weight excluding hydrogens is 180 g/mol. The van der Waals surface area contributed by atoms with Crippen LogP contribution in [0, 0.1) is 4.91 Å². The van der Waals surface area contributed by atoms with Crippen molar-refractivity contribution in [2.24, 2.45) is 5.29 Å². The Morgan fingerprint density at radius 1 is 1.29 bits per heavy atom. The summed E-state index contributed by atoms with van der Waals surface area (Å²) in [7, 11) is 0. The predicted molar refractivity (Wildman–Crippen MR) is 57.8 cm³/mol. The molecule has 4 heteroatoms. The van der Waals surface area contributed by atoms with Gasteiger partial charge in [-0.2, -0.15) is 0 Å². The molecule has 0 spiro atoms. The van der Waals surface area contributed by atoms with Crippen LogP contribution in [0.25, 0.3) is 0 Å². The standard InChI is InChI=1S/C10H22N2O2/c1-3-4-5-8-12(11-14)9-6-7-10(2)13/h10,13H,3-9H2,1-2H3. The van der Waals surface area contributed by atoms with E-state index in [-0.39, 0.29) is 6.10 Å². The fraction of sp³-hybridized carbons (Fsp3) is 1.00. The summed E-state index contributed by atoms with van der Waals surface area (Å²) < 4.78 is 0. The summed E-state index contributed by atoms with van der Waals surface area (Å²) in [6, 6.07) is 0. The average molecular weight is 202 g/mol. The SMILES string of the molecule is CCCCCN(CCCC(C)O)N=O. The second kappa shape index (κ2) is 8.94. The first-order valence-electron chi connectivity index (χ1n) is 5.47. The molecule has 0 aromatic heterocycles. The highest BCUT2D eigenvalue weighted by Crippen LogP contribution is 2.02. The number of aliphatic hydroxyl groups is 1. The topological polar surface area (TPSA) is 52.9 Å². The Morgan fingerprint density at radius 2 is 1.93 bits per heavy atom. The molecule has 0 saturated carbocycles. The summed E-state index contributed by atoms with van der Waals surface area (Å²) in [4.78, 5) is 10.4. The van der Waals surface area contributed by atoms with Crippen molar-refractivity contribution in [2.75, 3.05) is 13.1 Å². The highest BCUT2D eigenvalue weighted by Gasteiger charge is 2.03. The highest BCUT2D eigenvalue weighted by atomic mass is 16.3. The predicted octanol–water partition coefficient (Wildman–Crippen LogP) is 2.32. The Hall–Kier alpha value is -0.640. The van der Waals surface area contributed by atoms with Crippen LogP contribution in [0.1, 0.15) is 46.0 Å². The van der Waals surface area contributed by atoms with Gasteiger partial charge in [-0.15, -0.1) is 4.91 Å². The lowest BCUT2D eigenvalue weighted by Gasteiger charge is -2.15. The number of hydrogen-bond donors (Lipinski definition) is 1. The molecule has 0 heterocycles. The molecule has 84 valence electrons. The third-order valence-electron chi connectivity index (χ3n) is 2.17. The molecule has 1 atom stereocenters. The van der Waals surface area contributed by atoms with E-state index in [0.717, 1.165) is 38.6 Å². The fourth-order valence-electron chi connectivity index (χ4n) is 1.31. The van der Waals surface area contributed by atoms with Crippen molar-refractivity contribution >= 4 is 0 Å². The minimum atomic E-state index is -0.279. The van der Waals surface area contributed by atoms with Gasteiger partial charge in [-0.1, -0.05) is 19.8 Å². The molecule has 0 aliphatic heterocycles. The first-order valence-corrected chi connectivity index (χ1v) is 5.47. The largest absolute Gasteiger partial charge is 0.393 e. The number of aliphatic hydroxyl groups excluding tert-OH is 1. The van der Waals surface area contributed by atoms with Crippen molar-refractivity contribution in [3.05, 3.63) is 4.91 Å². The minimum absolute atomic E-state index is 0.279. The number of rotatable bonds is 9. The second-order valence-corrected chi connectivity index (χ2v) is 3.73. The lowest BCUT2D eigenvalue weighted by Crippen LogP contribution is -2.20. The van der Waals surface area contributed by atoms with Crippen molar-refractivity contribution in [2.45, 2.75) is 52.1 Å². The molecule has 1 N–H and O–H groups in total. The molecule has 0 aromatic rings. The fourth-order valence-corrected chi connectivity index (χ4v) is 1.31. The monoisotopic (exact) mass is 202 g/mol. The molecule has 0 aliphatic carbocycles. The Labute approximate surface area is 86.2 Å². The van der Waals surface area contributed by atoms with Crippen molar-refractivity contribution in [1.29, 1.82) is 0 Å². The van der Waals surface area contributed by atoms with Gasteiger partial charge in [0.05, 0.1) is 11.4 Å². The molecule has 1 unspecified atom stereocenters. The van der Waals surface area contributed by atoms with Gasteiger partial charge in [-0.3, -0.25) is 5.01 Å². The van der Waals surface area contributed by atoms with Gasteiger partial charge in [0.2, 0.25) is 0 Å². The van der Waals surface area contributed by atoms with Gasteiger partial charge in [-0.25, -0.2) is 0 Å². The number of nitroso groups, excluding NO2 is 1.